The van der Waals surface area contributed by atoms with E-state index in [9.17, 15) is 4.79 Å². The van der Waals surface area contributed by atoms with Crippen molar-refractivity contribution < 1.29 is 20.1 Å². The van der Waals surface area contributed by atoms with Crippen molar-refractivity contribution in [3.63, 3.8) is 0 Å². The third-order valence-electron chi connectivity index (χ3n) is 0.967. The number of hydrogen-bond acceptors (Lipinski definition) is 5. The summed E-state index contributed by atoms with van der Waals surface area (Å²) in [4.78, 5) is 9.57. The average Bonchev–Trinajstić information content (AvgIpc) is 2.06. The number of rotatable bonds is 5. The normalized spacial score (nSPS) is 11.4. The van der Waals surface area contributed by atoms with E-state index in [1.54, 1.807) is 0 Å². The summed E-state index contributed by atoms with van der Waals surface area (Å²) in [5, 5.41) is 26.9. The van der Waals surface area contributed by atoms with Gasteiger partial charge in [0.1, 0.15) is 6.04 Å². The number of aliphatic hydroxyl groups excluding tert-OH is 2. The van der Waals surface area contributed by atoms with Gasteiger partial charge < -0.3 is 26.4 Å². The smallest absolute Gasteiger partial charge is 0.320 e. The predicted octanol–water partition coefficient (Wildman–Crippen LogP) is -2.02. The highest BCUT2D eigenvalue weighted by molar-refractivity contribution is 5.72. The molecule has 0 saturated heterocycles. The van der Waals surface area contributed by atoms with Crippen LogP contribution in [0.3, 0.4) is 0 Å². The number of aliphatic hydroxyl groups is 2. The fourth-order valence-corrected chi connectivity index (χ4v) is 0.283. The molecule has 1 atom stereocenters. The topological polar surface area (TPSA) is 116 Å². The first-order chi connectivity index (χ1) is 6.06. The molecule has 0 aliphatic heterocycles. The van der Waals surface area contributed by atoms with E-state index in [-0.39, 0.29) is 13.2 Å². The molecule has 0 fully saturated rings. The molecule has 1 unspecified atom stereocenters. The largest absolute Gasteiger partial charge is 0.480 e. The molecule has 0 amide bonds. The molecule has 0 aliphatic carbocycles. The molecule has 0 aromatic rings. The number of nitrogens with one attached hydrogen (secondary N) is 1. The highest BCUT2D eigenvalue weighted by atomic mass is 16.4. The number of hydrogen-bond donors (Lipinski definition) is 5. The molecule has 0 aliphatic rings. The lowest BCUT2D eigenvalue weighted by Gasteiger charge is -1.94. The van der Waals surface area contributed by atoms with E-state index in [1.807, 2.05) is 0 Å². The maximum absolute atomic E-state index is 9.57. The molecule has 0 spiro atoms. The Morgan fingerprint density at radius 2 is 1.69 bits per heavy atom. The summed E-state index contributed by atoms with van der Waals surface area (Å²) < 4.78 is 0. The Balaban J connectivity index is 0. The van der Waals surface area contributed by atoms with Crippen LogP contribution in [0.15, 0.2) is 0 Å². The summed E-state index contributed by atoms with van der Waals surface area (Å²) in [5.74, 6) is -0.963. The minimum Gasteiger partial charge on any atom is -0.480 e. The molecular formula is C7H18N2O4. The Hall–Kier alpha value is -0.690. The maximum Gasteiger partial charge on any atom is 0.320 e. The van der Waals surface area contributed by atoms with Crippen LogP contribution >= 0.6 is 0 Å². The van der Waals surface area contributed by atoms with Crippen LogP contribution in [0.5, 0.6) is 0 Å². The molecule has 0 aromatic carbocycles. The van der Waals surface area contributed by atoms with Crippen molar-refractivity contribution in [3.05, 3.63) is 0 Å². The van der Waals surface area contributed by atoms with Crippen LogP contribution in [0, 0.1) is 0 Å². The van der Waals surface area contributed by atoms with Gasteiger partial charge in [-0.25, -0.2) is 0 Å². The van der Waals surface area contributed by atoms with Crippen molar-refractivity contribution in [2.24, 2.45) is 5.73 Å². The van der Waals surface area contributed by atoms with Crippen molar-refractivity contribution in [2.45, 2.75) is 13.0 Å². The van der Waals surface area contributed by atoms with Crippen LogP contribution in [0.4, 0.5) is 0 Å². The maximum atomic E-state index is 9.57. The lowest BCUT2D eigenvalue weighted by molar-refractivity contribution is -0.138. The molecule has 6 nitrogen and oxygen atoms in total. The number of nitrogens with two attached hydrogens (primary N) is 1. The fraction of sp³-hybridized carbons (Fsp3) is 0.857. The molecule has 0 heterocycles. The van der Waals surface area contributed by atoms with E-state index < -0.39 is 12.0 Å². The molecular weight excluding hydrogens is 176 g/mol. The van der Waals surface area contributed by atoms with Gasteiger partial charge in [-0.2, -0.15) is 0 Å². The molecule has 0 rings (SSSR count). The van der Waals surface area contributed by atoms with Gasteiger partial charge in [0.25, 0.3) is 0 Å². The van der Waals surface area contributed by atoms with Gasteiger partial charge >= 0.3 is 5.97 Å². The Morgan fingerprint density at radius 3 is 1.85 bits per heavy atom. The summed E-state index contributed by atoms with van der Waals surface area (Å²) in [6.45, 7) is 2.84. The summed E-state index contributed by atoms with van der Waals surface area (Å²) in [6.07, 6.45) is 0. The Bertz CT molecular complexity index is 115. The summed E-state index contributed by atoms with van der Waals surface area (Å²) in [7, 11) is 0. The van der Waals surface area contributed by atoms with Crippen LogP contribution in [-0.2, 0) is 4.79 Å². The van der Waals surface area contributed by atoms with Crippen LogP contribution < -0.4 is 11.1 Å². The SMILES string of the molecule is CC(N)C(=O)O.OCCNCCO. The molecule has 13 heavy (non-hydrogen) atoms. The molecule has 6 N–H and O–H groups in total. The highest BCUT2D eigenvalue weighted by Gasteiger charge is 1.99. The zero-order chi connectivity index (χ0) is 10.7. The minimum absolute atomic E-state index is 0.139. The van der Waals surface area contributed by atoms with Gasteiger partial charge in [0.15, 0.2) is 0 Å². The monoisotopic (exact) mass is 194 g/mol. The molecule has 80 valence electrons. The zero-order valence-corrected chi connectivity index (χ0v) is 7.73. The number of carboxylic acid groups (broad SMARTS) is 1. The molecule has 0 bridgehead atoms. The van der Waals surface area contributed by atoms with Gasteiger partial charge in [0.05, 0.1) is 13.2 Å². The number of carboxylic acids is 1. The van der Waals surface area contributed by atoms with Crippen LogP contribution in [-0.4, -0.2) is 53.6 Å². The van der Waals surface area contributed by atoms with Crippen molar-refractivity contribution >= 4 is 5.97 Å². The van der Waals surface area contributed by atoms with Crippen molar-refractivity contribution in [1.29, 1.82) is 0 Å². The predicted molar refractivity (Wildman–Crippen MR) is 48.3 cm³/mol. The lowest BCUT2D eigenvalue weighted by atomic mass is 10.4. The van der Waals surface area contributed by atoms with Crippen molar-refractivity contribution in [2.75, 3.05) is 26.3 Å². The van der Waals surface area contributed by atoms with E-state index in [0.717, 1.165) is 0 Å². The van der Waals surface area contributed by atoms with Crippen LogP contribution in [0.25, 0.3) is 0 Å². The van der Waals surface area contributed by atoms with E-state index in [1.165, 1.54) is 6.92 Å². The van der Waals surface area contributed by atoms with Gasteiger partial charge in [-0.3, -0.25) is 4.79 Å². The summed E-state index contributed by atoms with van der Waals surface area (Å²) in [5.41, 5.74) is 4.84. The second-order valence-corrected chi connectivity index (χ2v) is 2.32. The van der Waals surface area contributed by atoms with E-state index >= 15 is 0 Å². The fourth-order valence-electron chi connectivity index (χ4n) is 0.283. The summed E-state index contributed by atoms with van der Waals surface area (Å²) >= 11 is 0. The standard InChI is InChI=1S/C4H11NO2.C3H7NO2/c6-3-1-5-2-4-7;1-2(4)3(5)6/h5-7H,1-4H2;2H,4H2,1H3,(H,5,6). The first-order valence-corrected chi connectivity index (χ1v) is 3.97. The third kappa shape index (κ3) is 18.3. The zero-order valence-electron chi connectivity index (χ0n) is 7.73. The van der Waals surface area contributed by atoms with Gasteiger partial charge in [0.2, 0.25) is 0 Å². The first kappa shape index (κ1) is 14.8. The van der Waals surface area contributed by atoms with Crippen LogP contribution in [0.2, 0.25) is 0 Å². The average molecular weight is 194 g/mol. The van der Waals surface area contributed by atoms with Gasteiger partial charge in [-0.05, 0) is 6.92 Å². The first-order valence-electron chi connectivity index (χ1n) is 3.97. The van der Waals surface area contributed by atoms with E-state index in [2.05, 4.69) is 5.32 Å². The third-order valence-corrected chi connectivity index (χ3v) is 0.967. The quantitative estimate of drug-likeness (QED) is 0.323. The van der Waals surface area contributed by atoms with E-state index in [4.69, 9.17) is 21.1 Å². The highest BCUT2D eigenvalue weighted by Crippen LogP contribution is 1.68. The minimum atomic E-state index is -0.963. The number of aliphatic carboxylic acids is 1. The van der Waals surface area contributed by atoms with Crippen molar-refractivity contribution in [3.8, 4) is 0 Å². The molecule has 0 radical (unpaired) electrons. The molecule has 6 heteroatoms. The molecule has 0 aromatic heterocycles. The summed E-state index contributed by atoms with van der Waals surface area (Å²) in [6, 6.07) is -0.731. The lowest BCUT2D eigenvalue weighted by Crippen LogP contribution is -2.25. The van der Waals surface area contributed by atoms with Crippen molar-refractivity contribution in [1.82, 2.24) is 5.32 Å². The van der Waals surface area contributed by atoms with Crippen LogP contribution in [0.1, 0.15) is 6.92 Å². The van der Waals surface area contributed by atoms with E-state index in [0.29, 0.717) is 13.1 Å². The number of carbonyl (C=O) groups is 1. The second-order valence-electron chi connectivity index (χ2n) is 2.32. The Morgan fingerprint density at radius 1 is 1.38 bits per heavy atom. The Labute approximate surface area is 77.4 Å². The van der Waals surface area contributed by atoms with Gasteiger partial charge in [-0.1, -0.05) is 0 Å². The van der Waals surface area contributed by atoms with Gasteiger partial charge in [-0.15, -0.1) is 0 Å². The molecule has 0 saturated carbocycles. The second kappa shape index (κ2) is 11.3. The van der Waals surface area contributed by atoms with Gasteiger partial charge in [0, 0.05) is 13.1 Å². The Kier molecular flexibility index (Phi) is 12.9.